The number of hydrogen-bond acceptors (Lipinski definition) is 3. The quantitative estimate of drug-likeness (QED) is 0.690. The van der Waals surface area contributed by atoms with Crippen molar-refractivity contribution in [1.29, 1.82) is 0 Å². The minimum Gasteiger partial charge on any atom is -0.396 e. The Labute approximate surface area is 106 Å². The predicted octanol–water partition coefficient (Wildman–Crippen LogP) is 1.89. The Kier molecular flexibility index (Phi) is 4.99. The first-order valence-corrected chi connectivity index (χ1v) is 6.93. The van der Waals surface area contributed by atoms with Crippen LogP contribution in [-0.4, -0.2) is 29.8 Å². The average molecular weight is 242 g/mol. The van der Waals surface area contributed by atoms with Crippen molar-refractivity contribution in [3.05, 3.63) is 0 Å². The molecule has 1 fully saturated rings. The Morgan fingerprint density at radius 3 is 2.12 bits per heavy atom. The highest BCUT2D eigenvalue weighted by atomic mass is 16.3. The van der Waals surface area contributed by atoms with Gasteiger partial charge in [0, 0.05) is 24.7 Å². The van der Waals surface area contributed by atoms with Crippen molar-refractivity contribution in [2.24, 2.45) is 17.1 Å². The van der Waals surface area contributed by atoms with E-state index >= 15 is 0 Å². The third-order valence-electron chi connectivity index (χ3n) is 4.63. The Bertz CT molecular complexity index is 230. The summed E-state index contributed by atoms with van der Waals surface area (Å²) in [6.07, 6.45) is 4.77. The van der Waals surface area contributed by atoms with Crippen molar-refractivity contribution in [3.8, 4) is 0 Å². The minimum absolute atomic E-state index is 0.0956. The van der Waals surface area contributed by atoms with Gasteiger partial charge in [-0.3, -0.25) is 0 Å². The van der Waals surface area contributed by atoms with Gasteiger partial charge in [-0.05, 0) is 43.9 Å². The van der Waals surface area contributed by atoms with Crippen LogP contribution in [0.5, 0.6) is 0 Å². The van der Waals surface area contributed by atoms with Gasteiger partial charge in [0.15, 0.2) is 0 Å². The monoisotopic (exact) mass is 242 g/mol. The molecule has 0 radical (unpaired) electrons. The lowest BCUT2D eigenvalue weighted by molar-refractivity contribution is 0.111. The molecule has 1 rings (SSSR count). The first kappa shape index (κ1) is 14.9. The second kappa shape index (κ2) is 5.68. The first-order chi connectivity index (χ1) is 7.84. The molecular weight excluding hydrogens is 212 g/mol. The molecule has 0 amide bonds. The van der Waals surface area contributed by atoms with Gasteiger partial charge in [-0.2, -0.15) is 0 Å². The molecule has 0 spiro atoms. The molecule has 0 heterocycles. The lowest BCUT2D eigenvalue weighted by atomic mass is 9.69. The zero-order valence-electron chi connectivity index (χ0n) is 11.9. The second-order valence-electron chi connectivity index (χ2n) is 6.74. The molecule has 0 aromatic carbocycles. The molecule has 17 heavy (non-hydrogen) atoms. The number of nitrogens with one attached hydrogen (secondary N) is 1. The summed E-state index contributed by atoms with van der Waals surface area (Å²) >= 11 is 0. The largest absolute Gasteiger partial charge is 0.396 e. The standard InChI is InChI=1S/C14H30N2O/c1-11(9-17)12(2)16-14(10-15)7-5-13(3,4)6-8-14/h11-12,16-17H,5-10,15H2,1-4H3. The summed E-state index contributed by atoms with van der Waals surface area (Å²) in [5, 5.41) is 12.9. The number of aliphatic hydroxyl groups excluding tert-OH is 1. The molecule has 0 saturated heterocycles. The van der Waals surface area contributed by atoms with E-state index in [-0.39, 0.29) is 18.1 Å². The fourth-order valence-electron chi connectivity index (χ4n) is 2.60. The van der Waals surface area contributed by atoms with E-state index in [1.54, 1.807) is 0 Å². The van der Waals surface area contributed by atoms with Crippen LogP contribution < -0.4 is 11.1 Å². The van der Waals surface area contributed by atoms with E-state index in [0.717, 1.165) is 12.8 Å². The molecule has 0 bridgehead atoms. The van der Waals surface area contributed by atoms with E-state index in [9.17, 15) is 5.11 Å². The highest BCUT2D eigenvalue weighted by Gasteiger charge is 2.38. The SMILES string of the molecule is CC(CO)C(C)NC1(CN)CCC(C)(C)CC1. The molecule has 102 valence electrons. The zero-order valence-corrected chi connectivity index (χ0v) is 11.9. The summed E-state index contributed by atoms with van der Waals surface area (Å²) in [5.41, 5.74) is 6.55. The van der Waals surface area contributed by atoms with Gasteiger partial charge in [-0.25, -0.2) is 0 Å². The van der Waals surface area contributed by atoms with Crippen molar-refractivity contribution >= 4 is 0 Å². The maximum absolute atomic E-state index is 9.20. The third kappa shape index (κ3) is 3.94. The molecule has 3 nitrogen and oxygen atoms in total. The number of aliphatic hydroxyl groups is 1. The number of nitrogens with two attached hydrogens (primary N) is 1. The van der Waals surface area contributed by atoms with E-state index in [4.69, 9.17) is 5.73 Å². The number of rotatable bonds is 5. The molecule has 0 aliphatic heterocycles. The summed E-state index contributed by atoms with van der Waals surface area (Å²) in [5.74, 6) is 0.286. The molecule has 0 aromatic heterocycles. The van der Waals surface area contributed by atoms with E-state index in [1.807, 2.05) is 0 Å². The third-order valence-corrected chi connectivity index (χ3v) is 4.63. The van der Waals surface area contributed by atoms with Crippen LogP contribution in [-0.2, 0) is 0 Å². The zero-order chi connectivity index (χ0) is 13.1. The van der Waals surface area contributed by atoms with Crippen LogP contribution in [0.25, 0.3) is 0 Å². The van der Waals surface area contributed by atoms with E-state index in [1.165, 1.54) is 12.8 Å². The van der Waals surface area contributed by atoms with E-state index in [0.29, 0.717) is 18.0 Å². The summed E-state index contributed by atoms with van der Waals surface area (Å²) in [7, 11) is 0. The lowest BCUT2D eigenvalue weighted by Crippen LogP contribution is -2.58. The van der Waals surface area contributed by atoms with Gasteiger partial charge < -0.3 is 16.2 Å². The maximum atomic E-state index is 9.20. The van der Waals surface area contributed by atoms with Crippen LogP contribution in [0.2, 0.25) is 0 Å². The van der Waals surface area contributed by atoms with Crippen LogP contribution in [0.1, 0.15) is 53.4 Å². The highest BCUT2D eigenvalue weighted by molar-refractivity contribution is 4.97. The van der Waals surface area contributed by atoms with Crippen molar-refractivity contribution < 1.29 is 5.11 Å². The van der Waals surface area contributed by atoms with Crippen LogP contribution in [0.3, 0.4) is 0 Å². The lowest BCUT2D eigenvalue weighted by Gasteiger charge is -2.45. The van der Waals surface area contributed by atoms with E-state index < -0.39 is 0 Å². The van der Waals surface area contributed by atoms with Gasteiger partial charge in [0.1, 0.15) is 0 Å². The normalized spacial score (nSPS) is 26.5. The Hall–Kier alpha value is -0.120. The van der Waals surface area contributed by atoms with Gasteiger partial charge in [-0.1, -0.05) is 20.8 Å². The summed E-state index contributed by atoms with van der Waals surface area (Å²) in [6.45, 7) is 9.85. The van der Waals surface area contributed by atoms with Crippen molar-refractivity contribution in [2.75, 3.05) is 13.2 Å². The van der Waals surface area contributed by atoms with Crippen LogP contribution in [0.15, 0.2) is 0 Å². The topological polar surface area (TPSA) is 58.3 Å². The molecule has 2 unspecified atom stereocenters. The molecular formula is C14H30N2O. The molecule has 3 heteroatoms. The highest BCUT2D eigenvalue weighted by Crippen LogP contribution is 2.40. The molecule has 4 N–H and O–H groups in total. The van der Waals surface area contributed by atoms with Gasteiger partial charge in [-0.15, -0.1) is 0 Å². The van der Waals surface area contributed by atoms with Crippen molar-refractivity contribution in [3.63, 3.8) is 0 Å². The van der Waals surface area contributed by atoms with Crippen LogP contribution in [0.4, 0.5) is 0 Å². The Balaban J connectivity index is 2.59. The fraction of sp³-hybridized carbons (Fsp3) is 1.00. The second-order valence-corrected chi connectivity index (χ2v) is 6.74. The van der Waals surface area contributed by atoms with Crippen LogP contribution >= 0.6 is 0 Å². The summed E-state index contributed by atoms with van der Waals surface area (Å²) in [6, 6.07) is 0.324. The van der Waals surface area contributed by atoms with Gasteiger partial charge in [0.05, 0.1) is 0 Å². The molecule has 1 aliphatic carbocycles. The molecule has 1 aliphatic rings. The van der Waals surface area contributed by atoms with E-state index in [2.05, 4.69) is 33.0 Å². The average Bonchev–Trinajstić information content (AvgIpc) is 2.31. The summed E-state index contributed by atoms with van der Waals surface area (Å²) < 4.78 is 0. The Morgan fingerprint density at radius 2 is 1.71 bits per heavy atom. The summed E-state index contributed by atoms with van der Waals surface area (Å²) in [4.78, 5) is 0. The maximum Gasteiger partial charge on any atom is 0.0471 e. The van der Waals surface area contributed by atoms with Gasteiger partial charge >= 0.3 is 0 Å². The fourth-order valence-corrected chi connectivity index (χ4v) is 2.60. The predicted molar refractivity (Wildman–Crippen MR) is 72.9 cm³/mol. The minimum atomic E-state index is 0.0956. The van der Waals surface area contributed by atoms with Gasteiger partial charge in [0.25, 0.3) is 0 Å². The first-order valence-electron chi connectivity index (χ1n) is 6.93. The van der Waals surface area contributed by atoms with Gasteiger partial charge in [0.2, 0.25) is 0 Å². The Morgan fingerprint density at radius 1 is 1.18 bits per heavy atom. The smallest absolute Gasteiger partial charge is 0.0471 e. The molecule has 1 saturated carbocycles. The molecule has 2 atom stereocenters. The number of hydrogen-bond donors (Lipinski definition) is 3. The molecule has 0 aromatic rings. The van der Waals surface area contributed by atoms with Crippen molar-refractivity contribution in [2.45, 2.75) is 65.0 Å². The van der Waals surface area contributed by atoms with Crippen LogP contribution in [0, 0.1) is 11.3 Å². The van der Waals surface area contributed by atoms with Crippen molar-refractivity contribution in [1.82, 2.24) is 5.32 Å².